The average molecular weight is 1580 g/mol. The standard InChI is InChI=1S/C42H45ClN6O5S.C22H29N3O4.C20H18ClN3O2S/c1-24-25(2)55-42-38(24)32(27-15-17-29(43)18-16-27)22-28(39-47-46-26(3)49(39)42)21-30(50)11-8-6-4-5-7-9-14-36(51)44-34-13-10-12-31-33(34)23-48(41(31)54)35-19-20-37(52)45-40(35)53;1-2-3-4-5-6-7-11-19(26)23-17-10-8-9-15-16(17)14-25(22(15)29)18-12-13-20(27)24-21(18)28;1-10-11(2)27-20-18(10)16(13-4-6-15(21)7-5-13)8-14(9-17(25)26)19-23-22-12(3)24(19)20/h10,12-13,15-18,22,28,35H,4-9,11,14,19-21,23H2,1-3H3,(H,44,51)(H,45,52,53);8-10,18H,2-7,11-14H2,1H3,(H,23,26)(H,24,27,28);4-8,14H,9H2,1-3H3,(H,25,26)/t28-,35?;;14-/m1.0/s1. The van der Waals surface area contributed by atoms with Crippen molar-refractivity contribution in [3.63, 3.8) is 0 Å². The van der Waals surface area contributed by atoms with Crippen LogP contribution in [-0.2, 0) is 51.4 Å². The van der Waals surface area contributed by atoms with Gasteiger partial charge in [0, 0.05) is 128 Å². The lowest BCUT2D eigenvalue weighted by molar-refractivity contribution is -0.138. The van der Waals surface area contributed by atoms with Gasteiger partial charge in [-0.3, -0.25) is 67.7 Å². The minimum absolute atomic E-state index is 0.0395. The highest BCUT2D eigenvalue weighted by Gasteiger charge is 2.42. The summed E-state index contributed by atoms with van der Waals surface area (Å²) in [6.07, 6.45) is 18.9. The molecule has 111 heavy (non-hydrogen) atoms. The van der Waals surface area contributed by atoms with Gasteiger partial charge in [0.1, 0.15) is 51.2 Å². The number of nitrogens with zero attached hydrogens (tertiary/aromatic N) is 8. The van der Waals surface area contributed by atoms with Crippen molar-refractivity contribution in [2.75, 3.05) is 10.6 Å². The van der Waals surface area contributed by atoms with E-state index in [1.807, 2.05) is 73.0 Å². The molecule has 4 aromatic heterocycles. The number of nitrogens with one attached hydrogen (secondary N) is 4. The van der Waals surface area contributed by atoms with Gasteiger partial charge in [0.05, 0.1) is 6.42 Å². The van der Waals surface area contributed by atoms with Crippen molar-refractivity contribution in [3.8, 4) is 10.0 Å². The third kappa shape index (κ3) is 18.3. The number of ketones is 1. The van der Waals surface area contributed by atoms with E-state index in [9.17, 15) is 53.1 Å². The number of aliphatic carboxylic acids is 1. The van der Waals surface area contributed by atoms with Crippen LogP contribution in [0.5, 0.6) is 0 Å². The van der Waals surface area contributed by atoms with Crippen LogP contribution in [0.2, 0.25) is 10.0 Å². The molecule has 14 rings (SSSR count). The van der Waals surface area contributed by atoms with Gasteiger partial charge in [-0.2, -0.15) is 0 Å². The fourth-order valence-electron chi connectivity index (χ4n) is 15.4. The molecule has 6 aliphatic rings. The molecule has 0 spiro atoms. The Morgan fingerprint density at radius 3 is 1.32 bits per heavy atom. The summed E-state index contributed by atoms with van der Waals surface area (Å²) in [5.41, 5.74) is 12.4. The van der Waals surface area contributed by atoms with Gasteiger partial charge in [-0.05, 0) is 156 Å². The number of fused-ring (bicyclic) bond motifs is 8. The lowest BCUT2D eigenvalue weighted by Gasteiger charge is -2.29. The van der Waals surface area contributed by atoms with Crippen molar-refractivity contribution in [3.05, 3.63) is 196 Å². The molecule has 0 radical (unpaired) electrons. The molecule has 0 bridgehead atoms. The van der Waals surface area contributed by atoms with Crippen molar-refractivity contribution >= 4 is 127 Å². The first-order valence-corrected chi connectivity index (χ1v) is 40.6. The fraction of sp³-hybridized carbons (Fsp3) is 0.405. The van der Waals surface area contributed by atoms with E-state index in [4.69, 9.17) is 23.2 Å². The van der Waals surface area contributed by atoms with Gasteiger partial charge < -0.3 is 25.5 Å². The van der Waals surface area contributed by atoms with Crippen LogP contribution in [0.4, 0.5) is 11.4 Å². The van der Waals surface area contributed by atoms with Gasteiger partial charge in [0.25, 0.3) is 11.8 Å². The summed E-state index contributed by atoms with van der Waals surface area (Å²) in [6.45, 7) is 15.0. The first-order chi connectivity index (χ1) is 53.4. The lowest BCUT2D eigenvalue weighted by atomic mass is 9.90. The number of anilines is 2. The molecule has 2 saturated heterocycles. The number of unbranched alkanes of at least 4 members (excludes halogenated alkanes) is 10. The minimum Gasteiger partial charge on any atom is -0.481 e. The van der Waals surface area contributed by atoms with E-state index < -0.39 is 29.9 Å². The monoisotopic (exact) mass is 1580 g/mol. The molecule has 6 aliphatic heterocycles. The van der Waals surface area contributed by atoms with Crippen LogP contribution in [0, 0.1) is 41.5 Å². The molecule has 8 amide bonds. The maximum atomic E-state index is 13.4. The Bertz CT molecular complexity index is 5010. The summed E-state index contributed by atoms with van der Waals surface area (Å²) < 4.78 is 4.13. The minimum atomic E-state index is -0.864. The van der Waals surface area contributed by atoms with Crippen LogP contribution in [0.25, 0.3) is 21.1 Å². The number of carboxylic acid groups (broad SMARTS) is 1. The molecule has 580 valence electrons. The number of carboxylic acids is 1. The highest BCUT2D eigenvalue weighted by Crippen LogP contribution is 2.47. The molecular formula is C84H92Cl2N12O11S2. The van der Waals surface area contributed by atoms with E-state index in [-0.39, 0.29) is 91.8 Å². The summed E-state index contributed by atoms with van der Waals surface area (Å²) >= 11 is 15.7. The van der Waals surface area contributed by atoms with Gasteiger partial charge in [0.15, 0.2) is 0 Å². The summed E-state index contributed by atoms with van der Waals surface area (Å²) in [7, 11) is 0. The second kappa shape index (κ2) is 35.9. The van der Waals surface area contributed by atoms with Crippen LogP contribution < -0.4 is 21.3 Å². The van der Waals surface area contributed by atoms with Crippen molar-refractivity contribution in [1.82, 2.24) is 50.0 Å². The Labute approximate surface area is 663 Å². The maximum absolute atomic E-state index is 13.4. The predicted molar refractivity (Wildman–Crippen MR) is 428 cm³/mol. The van der Waals surface area contributed by atoms with Crippen molar-refractivity contribution in [2.45, 2.75) is 220 Å². The van der Waals surface area contributed by atoms with Gasteiger partial charge >= 0.3 is 5.97 Å². The third-order valence-corrected chi connectivity index (χ3v) is 24.4. The Morgan fingerprint density at radius 1 is 0.514 bits per heavy atom. The SMILES string of the molecule is CCCCCCCCC(=O)Nc1cccc2c1CN(C1CCC(=O)NC1=O)C2=O.Cc1sc2c(c1C)C(c1ccc(Cl)cc1)=C[C@@H](CC(=O)CCCCCCCCC(=O)Nc1cccc3c1CN(C1CCC(=O)NC1=O)C3=O)c1nnc(C)n1-2.Cc1sc2c(c1C)C(c1ccc(Cl)cc1)=C[C@@H](CC(=O)O)c1nnc(C)n1-2. The zero-order chi connectivity index (χ0) is 78.9. The van der Waals surface area contributed by atoms with E-state index in [0.717, 1.165) is 124 Å². The Kier molecular flexibility index (Phi) is 26.1. The van der Waals surface area contributed by atoms with Crippen molar-refractivity contribution in [1.29, 1.82) is 0 Å². The first-order valence-electron chi connectivity index (χ1n) is 38.2. The second-order valence-electron chi connectivity index (χ2n) is 29.2. The number of aromatic nitrogens is 6. The number of aryl methyl sites for hydroxylation is 4. The van der Waals surface area contributed by atoms with Crippen molar-refractivity contribution in [2.24, 2.45) is 0 Å². The third-order valence-electron chi connectivity index (χ3n) is 21.5. The van der Waals surface area contributed by atoms with Crippen LogP contribution in [0.15, 0.2) is 97.1 Å². The smallest absolute Gasteiger partial charge is 0.304 e. The number of amides is 8. The molecular weight excluding hydrogens is 1490 g/mol. The van der Waals surface area contributed by atoms with Crippen LogP contribution in [0.3, 0.4) is 0 Å². The Balaban J connectivity index is 0.000000171. The predicted octanol–water partition coefficient (Wildman–Crippen LogP) is 16.0. The normalized spacial score (nSPS) is 17.4. The molecule has 4 aromatic carbocycles. The summed E-state index contributed by atoms with van der Waals surface area (Å²) in [6, 6.07) is 24.6. The molecule has 0 saturated carbocycles. The number of benzene rings is 4. The van der Waals surface area contributed by atoms with Crippen LogP contribution >= 0.6 is 45.9 Å². The molecule has 27 heteroatoms. The van der Waals surface area contributed by atoms with Crippen molar-refractivity contribution < 1.29 is 53.1 Å². The van der Waals surface area contributed by atoms with E-state index >= 15 is 0 Å². The maximum Gasteiger partial charge on any atom is 0.304 e. The number of piperidine rings is 2. The second-order valence-corrected chi connectivity index (χ2v) is 32.5. The number of carbonyl (C=O) groups excluding carboxylic acids is 9. The first kappa shape index (κ1) is 80.4. The molecule has 10 heterocycles. The molecule has 2 unspecified atom stereocenters. The number of hydrogen-bond donors (Lipinski definition) is 5. The summed E-state index contributed by atoms with van der Waals surface area (Å²) in [4.78, 5) is 129. The fourth-order valence-corrected chi connectivity index (χ4v) is 18.1. The number of hydrogen-bond acceptors (Lipinski definition) is 16. The van der Waals surface area contributed by atoms with E-state index in [1.54, 1.807) is 59.1 Å². The van der Waals surface area contributed by atoms with E-state index in [0.29, 0.717) is 76.0 Å². The molecule has 5 N–H and O–H groups in total. The quantitative estimate of drug-likeness (QED) is 0.0249. The van der Waals surface area contributed by atoms with Gasteiger partial charge in [-0.1, -0.05) is 136 Å². The molecule has 4 atom stereocenters. The number of halogens is 2. The number of rotatable bonds is 26. The van der Waals surface area contributed by atoms with Gasteiger partial charge in [-0.25, -0.2) is 0 Å². The van der Waals surface area contributed by atoms with Gasteiger partial charge in [-0.15, -0.1) is 43.1 Å². The van der Waals surface area contributed by atoms with Gasteiger partial charge in [0.2, 0.25) is 35.4 Å². The van der Waals surface area contributed by atoms with E-state index in [1.165, 1.54) is 49.9 Å². The average Bonchev–Trinajstić information content (AvgIpc) is 1.60. The number of imide groups is 2. The topological polar surface area (TPSA) is 307 Å². The number of carbonyl (C=O) groups is 10. The molecule has 23 nitrogen and oxygen atoms in total. The largest absolute Gasteiger partial charge is 0.481 e. The Morgan fingerprint density at radius 2 is 0.910 bits per heavy atom. The highest BCUT2D eigenvalue weighted by atomic mass is 35.5. The number of allylic oxidation sites excluding steroid dienone is 2. The van der Waals surface area contributed by atoms with Crippen LogP contribution in [0.1, 0.15) is 252 Å². The summed E-state index contributed by atoms with van der Waals surface area (Å²) in [5.74, 6) is -0.440. The Hall–Kier alpha value is -10.1. The zero-order valence-corrected chi connectivity index (χ0v) is 66.6. The lowest BCUT2D eigenvalue weighted by Crippen LogP contribution is -2.52. The van der Waals surface area contributed by atoms with Crippen LogP contribution in [-0.4, -0.2) is 116 Å². The summed E-state index contributed by atoms with van der Waals surface area (Å²) in [5, 5.41) is 41.0. The molecule has 2 fully saturated rings. The van der Waals surface area contributed by atoms with E-state index in [2.05, 4.69) is 86.9 Å². The zero-order valence-electron chi connectivity index (χ0n) is 63.5. The molecule has 0 aliphatic carbocycles. The highest BCUT2D eigenvalue weighted by molar-refractivity contribution is 7.15. The number of thiophene rings is 2. The molecule has 8 aromatic rings. The number of Topliss-reactive ketones (excluding diaryl/α,β-unsaturated/α-hetero) is 1.